The average molecular weight is 254 g/mol. The summed E-state index contributed by atoms with van der Waals surface area (Å²) in [6, 6.07) is 7.51. The molecule has 0 heterocycles. The summed E-state index contributed by atoms with van der Waals surface area (Å²) in [5.74, 6) is 0.775. The zero-order valence-electron chi connectivity index (χ0n) is 10.3. The van der Waals surface area contributed by atoms with E-state index in [2.05, 4.69) is 6.92 Å². The van der Waals surface area contributed by atoms with E-state index in [1.54, 1.807) is 0 Å². The minimum absolute atomic E-state index is 0.252. The van der Waals surface area contributed by atoms with Crippen molar-refractivity contribution >= 4 is 17.4 Å². The zero-order valence-corrected chi connectivity index (χ0v) is 11.0. The summed E-state index contributed by atoms with van der Waals surface area (Å²) in [5, 5.41) is 0.677. The highest BCUT2D eigenvalue weighted by Crippen LogP contribution is 2.17. The minimum Gasteiger partial charge on any atom is -0.330 e. The Kier molecular flexibility index (Phi) is 6.23. The number of hydrogen-bond donors (Lipinski definition) is 1. The van der Waals surface area contributed by atoms with Gasteiger partial charge in [-0.15, -0.1) is 0 Å². The molecule has 0 saturated heterocycles. The van der Waals surface area contributed by atoms with Gasteiger partial charge in [-0.1, -0.05) is 36.7 Å². The first-order chi connectivity index (χ1) is 8.13. The molecule has 2 nitrogen and oxygen atoms in total. The Bertz CT molecular complexity index is 365. The normalized spacial score (nSPS) is 12.4. The van der Waals surface area contributed by atoms with Crippen molar-refractivity contribution in [1.82, 2.24) is 0 Å². The molecule has 3 heteroatoms. The van der Waals surface area contributed by atoms with E-state index in [4.69, 9.17) is 17.3 Å². The summed E-state index contributed by atoms with van der Waals surface area (Å²) in [6.07, 6.45) is 2.96. The monoisotopic (exact) mass is 253 g/mol. The molecule has 17 heavy (non-hydrogen) atoms. The van der Waals surface area contributed by atoms with Crippen LogP contribution in [0.5, 0.6) is 0 Å². The Morgan fingerprint density at radius 3 is 2.71 bits per heavy atom. The fourth-order valence-corrected chi connectivity index (χ4v) is 1.98. The van der Waals surface area contributed by atoms with Gasteiger partial charge < -0.3 is 5.73 Å². The number of benzene rings is 1. The van der Waals surface area contributed by atoms with Crippen molar-refractivity contribution in [3.05, 3.63) is 34.9 Å². The number of halogens is 1. The molecule has 2 N–H and O–H groups in total. The van der Waals surface area contributed by atoms with Gasteiger partial charge in [0.05, 0.1) is 0 Å². The molecule has 0 aromatic heterocycles. The Morgan fingerprint density at radius 1 is 1.35 bits per heavy atom. The SMILES string of the molecule is CC(CCN)CCC(=O)Cc1ccccc1Cl. The number of Topliss-reactive ketones (excluding diaryl/α,β-unsaturated/α-hetero) is 1. The topological polar surface area (TPSA) is 43.1 Å². The highest BCUT2D eigenvalue weighted by Gasteiger charge is 2.09. The van der Waals surface area contributed by atoms with E-state index in [1.165, 1.54) is 0 Å². The van der Waals surface area contributed by atoms with E-state index in [9.17, 15) is 4.79 Å². The molecule has 1 aromatic rings. The van der Waals surface area contributed by atoms with Gasteiger partial charge in [-0.25, -0.2) is 0 Å². The summed E-state index contributed by atoms with van der Waals surface area (Å²) in [4.78, 5) is 11.8. The van der Waals surface area contributed by atoms with Crippen molar-refractivity contribution in [2.75, 3.05) is 6.54 Å². The number of rotatable bonds is 7. The van der Waals surface area contributed by atoms with Crippen molar-refractivity contribution in [2.24, 2.45) is 11.7 Å². The molecule has 0 bridgehead atoms. The van der Waals surface area contributed by atoms with Crippen LogP contribution < -0.4 is 5.73 Å². The molecule has 1 aromatic carbocycles. The van der Waals surface area contributed by atoms with Crippen LogP contribution in [0.25, 0.3) is 0 Å². The molecule has 0 saturated carbocycles. The largest absolute Gasteiger partial charge is 0.330 e. The lowest BCUT2D eigenvalue weighted by molar-refractivity contribution is -0.118. The van der Waals surface area contributed by atoms with Gasteiger partial charge >= 0.3 is 0 Å². The predicted octanol–water partition coefficient (Wildman–Crippen LogP) is 3.22. The molecule has 1 atom stereocenters. The number of carbonyl (C=O) groups is 1. The molecule has 0 aliphatic rings. The van der Waals surface area contributed by atoms with Crippen molar-refractivity contribution in [1.29, 1.82) is 0 Å². The maximum Gasteiger partial charge on any atom is 0.137 e. The number of hydrogen-bond acceptors (Lipinski definition) is 2. The van der Waals surface area contributed by atoms with E-state index in [-0.39, 0.29) is 5.78 Å². The van der Waals surface area contributed by atoms with Gasteiger partial charge in [-0.05, 0) is 36.9 Å². The van der Waals surface area contributed by atoms with Gasteiger partial charge in [0.25, 0.3) is 0 Å². The van der Waals surface area contributed by atoms with Crippen LogP contribution in [0.1, 0.15) is 31.7 Å². The van der Waals surface area contributed by atoms with Crippen molar-refractivity contribution in [3.63, 3.8) is 0 Å². The number of nitrogens with two attached hydrogens (primary N) is 1. The lowest BCUT2D eigenvalue weighted by atomic mass is 9.98. The summed E-state index contributed by atoms with van der Waals surface area (Å²) in [6.45, 7) is 2.83. The second kappa shape index (κ2) is 7.46. The van der Waals surface area contributed by atoms with Crippen LogP contribution in [-0.4, -0.2) is 12.3 Å². The molecule has 0 aliphatic heterocycles. The molecule has 1 rings (SSSR count). The van der Waals surface area contributed by atoms with Gasteiger partial charge in [-0.3, -0.25) is 4.79 Å². The lowest BCUT2D eigenvalue weighted by Gasteiger charge is -2.09. The Balaban J connectivity index is 2.37. The van der Waals surface area contributed by atoms with Crippen molar-refractivity contribution < 1.29 is 4.79 Å². The van der Waals surface area contributed by atoms with Gasteiger partial charge in [0.1, 0.15) is 5.78 Å². The molecule has 0 fully saturated rings. The van der Waals surface area contributed by atoms with Crippen LogP contribution in [0.3, 0.4) is 0 Å². The smallest absolute Gasteiger partial charge is 0.137 e. The molecule has 0 amide bonds. The highest BCUT2D eigenvalue weighted by molar-refractivity contribution is 6.31. The number of ketones is 1. The second-order valence-electron chi connectivity index (χ2n) is 4.53. The van der Waals surface area contributed by atoms with Crippen LogP contribution in [-0.2, 0) is 11.2 Å². The molecule has 1 unspecified atom stereocenters. The second-order valence-corrected chi connectivity index (χ2v) is 4.94. The minimum atomic E-state index is 0.252. The third-order valence-corrected chi connectivity index (χ3v) is 3.29. The molecule has 0 radical (unpaired) electrons. The Hall–Kier alpha value is -0.860. The Morgan fingerprint density at radius 2 is 2.06 bits per heavy atom. The van der Waals surface area contributed by atoms with Gasteiger partial charge in [-0.2, -0.15) is 0 Å². The van der Waals surface area contributed by atoms with Crippen LogP contribution in [0.15, 0.2) is 24.3 Å². The summed E-state index contributed by atoms with van der Waals surface area (Å²) < 4.78 is 0. The standard InChI is InChI=1S/C14H20ClNO/c1-11(8-9-16)6-7-13(17)10-12-4-2-3-5-14(12)15/h2-5,11H,6-10,16H2,1H3. The van der Waals surface area contributed by atoms with Crippen LogP contribution in [0, 0.1) is 5.92 Å². The van der Waals surface area contributed by atoms with Crippen LogP contribution in [0.2, 0.25) is 5.02 Å². The first-order valence-electron chi connectivity index (χ1n) is 6.08. The van der Waals surface area contributed by atoms with Crippen molar-refractivity contribution in [2.45, 2.75) is 32.6 Å². The Labute approximate surface area is 108 Å². The van der Waals surface area contributed by atoms with Gasteiger partial charge in [0, 0.05) is 17.9 Å². The maximum absolute atomic E-state index is 11.8. The first-order valence-corrected chi connectivity index (χ1v) is 6.46. The lowest BCUT2D eigenvalue weighted by Crippen LogP contribution is -2.09. The maximum atomic E-state index is 11.8. The van der Waals surface area contributed by atoms with Gasteiger partial charge in [0.2, 0.25) is 0 Å². The van der Waals surface area contributed by atoms with E-state index in [1.807, 2.05) is 24.3 Å². The molecular weight excluding hydrogens is 234 g/mol. The zero-order chi connectivity index (χ0) is 12.7. The van der Waals surface area contributed by atoms with Crippen molar-refractivity contribution in [3.8, 4) is 0 Å². The van der Waals surface area contributed by atoms with Crippen LogP contribution in [0.4, 0.5) is 0 Å². The van der Waals surface area contributed by atoms with E-state index in [0.717, 1.165) is 18.4 Å². The third-order valence-electron chi connectivity index (χ3n) is 2.92. The number of carbonyl (C=O) groups excluding carboxylic acids is 1. The summed E-state index contributed by atoms with van der Waals surface area (Å²) in [7, 11) is 0. The average Bonchev–Trinajstić information content (AvgIpc) is 2.30. The summed E-state index contributed by atoms with van der Waals surface area (Å²) in [5.41, 5.74) is 6.40. The molecular formula is C14H20ClNO. The van der Waals surface area contributed by atoms with E-state index >= 15 is 0 Å². The third kappa shape index (κ3) is 5.33. The predicted molar refractivity (Wildman–Crippen MR) is 72.2 cm³/mol. The van der Waals surface area contributed by atoms with E-state index in [0.29, 0.717) is 30.3 Å². The summed E-state index contributed by atoms with van der Waals surface area (Å²) >= 11 is 6.01. The fraction of sp³-hybridized carbons (Fsp3) is 0.500. The molecule has 0 spiro atoms. The van der Waals surface area contributed by atoms with Gasteiger partial charge in [0.15, 0.2) is 0 Å². The first kappa shape index (κ1) is 14.2. The van der Waals surface area contributed by atoms with E-state index < -0.39 is 0 Å². The molecule has 94 valence electrons. The highest BCUT2D eigenvalue weighted by atomic mass is 35.5. The van der Waals surface area contributed by atoms with Crippen LogP contribution >= 0.6 is 11.6 Å². The fourth-order valence-electron chi connectivity index (χ4n) is 1.78. The quantitative estimate of drug-likeness (QED) is 0.811. The molecule has 0 aliphatic carbocycles.